The van der Waals surface area contributed by atoms with Crippen LogP contribution in [0, 0.1) is 5.92 Å². The first-order chi connectivity index (χ1) is 13.3. The van der Waals surface area contributed by atoms with Crippen LogP contribution in [0.25, 0.3) is 0 Å². The Balaban J connectivity index is 1.41. The molecule has 2 aliphatic heterocycles. The third-order valence-corrected chi connectivity index (χ3v) is 5.35. The molecule has 2 aliphatic rings. The predicted octanol–water partition coefficient (Wildman–Crippen LogP) is 3.58. The fourth-order valence-corrected chi connectivity index (χ4v) is 3.97. The van der Waals surface area contributed by atoms with Gasteiger partial charge in [0.25, 0.3) is 0 Å². The molecule has 0 radical (unpaired) electrons. The zero-order chi connectivity index (χ0) is 18.5. The summed E-state index contributed by atoms with van der Waals surface area (Å²) in [5.41, 5.74) is 8.59. The van der Waals surface area contributed by atoms with Gasteiger partial charge in [-0.15, -0.1) is 0 Å². The van der Waals surface area contributed by atoms with Crippen molar-refractivity contribution in [2.24, 2.45) is 16.6 Å². The summed E-state index contributed by atoms with van der Waals surface area (Å²) in [6.45, 7) is 2.17. The van der Waals surface area contributed by atoms with E-state index < -0.39 is 0 Å². The molecule has 2 aromatic carbocycles. The highest BCUT2D eigenvalue weighted by Crippen LogP contribution is 2.34. The molecule has 2 heterocycles. The lowest BCUT2D eigenvalue weighted by Gasteiger charge is -2.31. The van der Waals surface area contributed by atoms with E-state index in [1.807, 2.05) is 24.3 Å². The fourth-order valence-electron chi connectivity index (χ4n) is 3.97. The first kappa shape index (κ1) is 17.9. The lowest BCUT2D eigenvalue weighted by molar-refractivity contribution is -0.0250. The zero-order valence-corrected chi connectivity index (χ0v) is 15.5. The number of hydrogen-bond acceptors (Lipinski definition) is 3. The van der Waals surface area contributed by atoms with E-state index in [4.69, 9.17) is 15.2 Å². The van der Waals surface area contributed by atoms with E-state index in [1.54, 1.807) is 0 Å². The maximum absolute atomic E-state index is 6.22. The molecule has 0 saturated carbocycles. The van der Waals surface area contributed by atoms with Gasteiger partial charge in [0.1, 0.15) is 5.75 Å². The van der Waals surface area contributed by atoms with Crippen molar-refractivity contribution in [2.75, 3.05) is 19.8 Å². The van der Waals surface area contributed by atoms with Crippen LogP contribution < -0.4 is 15.8 Å². The van der Waals surface area contributed by atoms with Gasteiger partial charge in [-0.25, -0.2) is 0 Å². The van der Waals surface area contributed by atoms with Crippen LogP contribution in [0.5, 0.6) is 5.75 Å². The fraction of sp³-hybridized carbons (Fsp3) is 0.409. The van der Waals surface area contributed by atoms with Crippen molar-refractivity contribution >= 4 is 5.96 Å². The smallest absolute Gasteiger partial charge is 0.189 e. The first-order valence-electron chi connectivity index (χ1n) is 9.76. The minimum Gasteiger partial charge on any atom is -0.493 e. The maximum Gasteiger partial charge on any atom is 0.189 e. The molecule has 2 aromatic rings. The standard InChI is InChI=1S/C22H27N3O2/c23-22(25-19-12-14-26-20-11-5-4-10-18(19)20)24-15-17-9-6-13-27-21(17)16-7-2-1-3-8-16/h1-5,7-8,10-11,17,19,21H,6,9,12-15H2,(H3,23,24,25). The third-order valence-electron chi connectivity index (χ3n) is 5.35. The van der Waals surface area contributed by atoms with Crippen molar-refractivity contribution in [1.82, 2.24) is 5.32 Å². The van der Waals surface area contributed by atoms with Gasteiger partial charge in [-0.3, -0.25) is 4.99 Å². The van der Waals surface area contributed by atoms with Gasteiger partial charge in [-0.05, 0) is 24.5 Å². The van der Waals surface area contributed by atoms with Gasteiger partial charge < -0.3 is 20.5 Å². The van der Waals surface area contributed by atoms with Gasteiger partial charge in [0.05, 0.1) is 18.8 Å². The highest BCUT2D eigenvalue weighted by Gasteiger charge is 2.27. The van der Waals surface area contributed by atoms with Crippen molar-refractivity contribution in [2.45, 2.75) is 31.4 Å². The molecule has 0 aliphatic carbocycles. The van der Waals surface area contributed by atoms with Gasteiger partial charge in [0.2, 0.25) is 0 Å². The van der Waals surface area contributed by atoms with Crippen molar-refractivity contribution in [1.29, 1.82) is 0 Å². The highest BCUT2D eigenvalue weighted by molar-refractivity contribution is 5.78. The number of guanidine groups is 1. The van der Waals surface area contributed by atoms with Crippen molar-refractivity contribution in [3.8, 4) is 5.75 Å². The van der Waals surface area contributed by atoms with Crippen LogP contribution in [0.4, 0.5) is 0 Å². The Morgan fingerprint density at radius 3 is 2.74 bits per heavy atom. The Labute approximate surface area is 160 Å². The summed E-state index contributed by atoms with van der Waals surface area (Å²) in [6.07, 6.45) is 3.16. The van der Waals surface area contributed by atoms with E-state index in [1.165, 1.54) is 5.56 Å². The quantitative estimate of drug-likeness (QED) is 0.642. The number of hydrogen-bond donors (Lipinski definition) is 2. The largest absolute Gasteiger partial charge is 0.493 e. The molecule has 3 N–H and O–H groups in total. The first-order valence-corrected chi connectivity index (χ1v) is 9.76. The molecular weight excluding hydrogens is 338 g/mol. The van der Waals surface area contributed by atoms with E-state index in [9.17, 15) is 0 Å². The molecule has 142 valence electrons. The lowest BCUT2D eigenvalue weighted by Crippen LogP contribution is -2.38. The average Bonchev–Trinajstić information content (AvgIpc) is 2.73. The molecule has 1 saturated heterocycles. The van der Waals surface area contributed by atoms with Crippen LogP contribution in [0.15, 0.2) is 59.6 Å². The van der Waals surface area contributed by atoms with E-state index in [2.05, 4.69) is 40.6 Å². The average molecular weight is 365 g/mol. The lowest BCUT2D eigenvalue weighted by atomic mass is 9.89. The number of nitrogens with two attached hydrogens (primary N) is 1. The molecule has 0 amide bonds. The van der Waals surface area contributed by atoms with E-state index in [-0.39, 0.29) is 12.1 Å². The summed E-state index contributed by atoms with van der Waals surface area (Å²) in [5.74, 6) is 1.77. The van der Waals surface area contributed by atoms with Gasteiger partial charge in [0, 0.05) is 31.1 Å². The topological polar surface area (TPSA) is 68.9 Å². The van der Waals surface area contributed by atoms with Crippen LogP contribution in [0.3, 0.4) is 0 Å². The van der Waals surface area contributed by atoms with Gasteiger partial charge in [-0.1, -0.05) is 48.5 Å². The SMILES string of the molecule is NC(=NCC1CCCOC1c1ccccc1)NC1CCOc2ccccc21. The van der Waals surface area contributed by atoms with Crippen LogP contribution in [-0.2, 0) is 4.74 Å². The van der Waals surface area contributed by atoms with Crippen molar-refractivity contribution in [3.05, 3.63) is 65.7 Å². The summed E-state index contributed by atoms with van der Waals surface area (Å²) in [4.78, 5) is 4.65. The maximum atomic E-state index is 6.22. The van der Waals surface area contributed by atoms with Gasteiger partial charge in [0.15, 0.2) is 5.96 Å². The number of ether oxygens (including phenoxy) is 2. The Hall–Kier alpha value is -2.53. The molecule has 0 bridgehead atoms. The molecular formula is C22H27N3O2. The summed E-state index contributed by atoms with van der Waals surface area (Å²) in [6, 6.07) is 18.7. The molecule has 3 unspecified atom stereocenters. The predicted molar refractivity (Wildman–Crippen MR) is 107 cm³/mol. The Morgan fingerprint density at radius 1 is 1.04 bits per heavy atom. The molecule has 5 heteroatoms. The van der Waals surface area contributed by atoms with Crippen LogP contribution in [0.2, 0.25) is 0 Å². The number of nitrogens with one attached hydrogen (secondary N) is 1. The minimum absolute atomic E-state index is 0.0975. The second-order valence-corrected chi connectivity index (χ2v) is 7.20. The van der Waals surface area contributed by atoms with Crippen molar-refractivity contribution in [3.63, 3.8) is 0 Å². The Kier molecular flexibility index (Phi) is 5.58. The van der Waals surface area contributed by atoms with E-state index in [0.717, 1.165) is 37.2 Å². The number of benzene rings is 2. The Morgan fingerprint density at radius 2 is 1.85 bits per heavy atom. The summed E-state index contributed by atoms with van der Waals surface area (Å²) >= 11 is 0. The second-order valence-electron chi connectivity index (χ2n) is 7.20. The van der Waals surface area contributed by atoms with Gasteiger partial charge >= 0.3 is 0 Å². The highest BCUT2D eigenvalue weighted by atomic mass is 16.5. The number of nitrogens with zero attached hydrogens (tertiary/aromatic N) is 1. The van der Waals surface area contributed by atoms with Gasteiger partial charge in [-0.2, -0.15) is 0 Å². The summed E-state index contributed by atoms with van der Waals surface area (Å²) < 4.78 is 11.8. The number of fused-ring (bicyclic) bond motifs is 1. The number of para-hydroxylation sites is 1. The van der Waals surface area contributed by atoms with Crippen LogP contribution in [-0.4, -0.2) is 25.7 Å². The normalized spacial score (nSPS) is 25.3. The number of rotatable bonds is 4. The zero-order valence-electron chi connectivity index (χ0n) is 15.5. The minimum atomic E-state index is 0.0975. The molecule has 1 fully saturated rings. The second kappa shape index (κ2) is 8.44. The van der Waals surface area contributed by atoms with E-state index >= 15 is 0 Å². The molecule has 3 atom stereocenters. The van der Waals surface area contributed by atoms with Crippen LogP contribution in [0.1, 0.15) is 42.5 Å². The molecule has 0 aromatic heterocycles. The molecule has 0 spiro atoms. The molecule has 4 rings (SSSR count). The Bertz CT molecular complexity index is 778. The monoisotopic (exact) mass is 365 g/mol. The van der Waals surface area contributed by atoms with E-state index in [0.29, 0.717) is 25.0 Å². The molecule has 5 nitrogen and oxygen atoms in total. The van der Waals surface area contributed by atoms with Crippen molar-refractivity contribution < 1.29 is 9.47 Å². The van der Waals surface area contributed by atoms with Crippen LogP contribution >= 0.6 is 0 Å². The molecule has 27 heavy (non-hydrogen) atoms. The third kappa shape index (κ3) is 4.25. The summed E-state index contributed by atoms with van der Waals surface area (Å²) in [5, 5.41) is 3.38. The summed E-state index contributed by atoms with van der Waals surface area (Å²) in [7, 11) is 0. The number of aliphatic imine (C=N–C) groups is 1.